The average Bonchev–Trinajstić information content (AvgIpc) is 3.30. The number of aromatic nitrogens is 2. The van der Waals surface area contributed by atoms with Gasteiger partial charge in [-0.1, -0.05) is 0 Å². The fourth-order valence-electron chi connectivity index (χ4n) is 4.26. The minimum Gasteiger partial charge on any atom is -0.369 e. The summed E-state index contributed by atoms with van der Waals surface area (Å²) in [6, 6.07) is 0. The number of fused-ring (bicyclic) bond motifs is 3. The van der Waals surface area contributed by atoms with Crippen LogP contribution in [-0.2, 0) is 19.3 Å². The van der Waals surface area contributed by atoms with E-state index in [1.165, 1.54) is 41.5 Å². The second-order valence-electron chi connectivity index (χ2n) is 8.34. The molecule has 0 unspecified atom stereocenters. The van der Waals surface area contributed by atoms with Gasteiger partial charge in [0.15, 0.2) is 0 Å². The largest absolute Gasteiger partial charge is 0.369 e. The summed E-state index contributed by atoms with van der Waals surface area (Å²) in [6.07, 6.45) is 7.99. The minimum absolute atomic E-state index is 0.0290. The van der Waals surface area contributed by atoms with Crippen molar-refractivity contribution in [2.45, 2.75) is 57.3 Å². The van der Waals surface area contributed by atoms with Crippen LogP contribution in [0.5, 0.6) is 0 Å². The maximum atomic E-state index is 13.4. The van der Waals surface area contributed by atoms with Crippen molar-refractivity contribution in [1.29, 1.82) is 0 Å². The number of anilines is 1. The number of rotatable bonds is 6. The molecule has 3 aliphatic rings. The first-order valence-electron chi connectivity index (χ1n) is 10.2. The maximum Gasteiger partial charge on any atom is 0.261 e. The maximum absolute atomic E-state index is 13.4. The molecule has 0 aromatic carbocycles. The quantitative estimate of drug-likeness (QED) is 0.797. The molecule has 4 nitrogen and oxygen atoms in total. The van der Waals surface area contributed by atoms with Gasteiger partial charge in [0.2, 0.25) is 0 Å². The molecule has 1 aliphatic heterocycles. The number of nitrogens with one attached hydrogen (secondary N) is 1. The average molecular weight is 393 g/mol. The van der Waals surface area contributed by atoms with E-state index in [0.29, 0.717) is 19.5 Å². The number of aryl methyl sites for hydroxylation is 2. The molecule has 2 aromatic heterocycles. The zero-order valence-corrected chi connectivity index (χ0v) is 16.4. The van der Waals surface area contributed by atoms with E-state index in [1.54, 1.807) is 0 Å². The molecule has 0 radical (unpaired) electrons. The van der Waals surface area contributed by atoms with Crippen molar-refractivity contribution >= 4 is 27.4 Å². The topological polar surface area (TPSA) is 41.1 Å². The summed E-state index contributed by atoms with van der Waals surface area (Å²) in [4.78, 5) is 14.1. The lowest BCUT2D eigenvalue weighted by atomic mass is 9.97. The van der Waals surface area contributed by atoms with Crippen molar-refractivity contribution < 1.29 is 8.78 Å². The van der Waals surface area contributed by atoms with Crippen LogP contribution < -0.4 is 5.32 Å². The van der Waals surface area contributed by atoms with Gasteiger partial charge < -0.3 is 5.32 Å². The van der Waals surface area contributed by atoms with Gasteiger partial charge in [0, 0.05) is 37.4 Å². The van der Waals surface area contributed by atoms with Gasteiger partial charge in [0.05, 0.1) is 11.9 Å². The van der Waals surface area contributed by atoms with Crippen LogP contribution >= 0.6 is 11.3 Å². The monoisotopic (exact) mass is 392 g/mol. The summed E-state index contributed by atoms with van der Waals surface area (Å²) in [5.74, 6) is 0.0108. The molecule has 0 atom stereocenters. The fourth-order valence-corrected chi connectivity index (χ4v) is 5.54. The fraction of sp³-hybridized carbons (Fsp3) is 0.700. The normalized spacial score (nSPS) is 22.3. The Morgan fingerprint density at radius 2 is 2.04 bits per heavy atom. The molecule has 3 heterocycles. The van der Waals surface area contributed by atoms with E-state index in [-0.39, 0.29) is 13.0 Å². The zero-order chi connectivity index (χ0) is 18.4. The molecule has 5 rings (SSSR count). The Bertz CT molecular complexity index is 846. The van der Waals surface area contributed by atoms with Crippen molar-refractivity contribution in [3.63, 3.8) is 0 Å². The van der Waals surface area contributed by atoms with E-state index < -0.39 is 5.92 Å². The van der Waals surface area contributed by atoms with E-state index in [0.717, 1.165) is 41.8 Å². The van der Waals surface area contributed by atoms with E-state index in [2.05, 4.69) is 5.32 Å². The first kappa shape index (κ1) is 17.7. The molecule has 2 aromatic rings. The minimum atomic E-state index is -2.53. The molecule has 1 N–H and O–H groups in total. The predicted molar refractivity (Wildman–Crippen MR) is 105 cm³/mol. The van der Waals surface area contributed by atoms with Gasteiger partial charge in [-0.25, -0.2) is 18.7 Å². The van der Waals surface area contributed by atoms with Crippen LogP contribution in [0.3, 0.4) is 0 Å². The van der Waals surface area contributed by atoms with Crippen LogP contribution in [-0.4, -0.2) is 47.0 Å². The third kappa shape index (κ3) is 3.81. The molecule has 146 valence electrons. The highest BCUT2D eigenvalue weighted by atomic mass is 32.1. The SMILES string of the molecule is FC1(F)CCN(CCc2nc(NCC3CC3)c3c4c(sc3n2)CCCC4)C1. The van der Waals surface area contributed by atoms with Gasteiger partial charge in [-0.05, 0) is 50.0 Å². The molecule has 0 spiro atoms. The number of alkyl halides is 2. The third-order valence-electron chi connectivity index (χ3n) is 6.02. The lowest BCUT2D eigenvalue weighted by Crippen LogP contribution is -2.27. The molecule has 0 bridgehead atoms. The second kappa shape index (κ2) is 6.92. The van der Waals surface area contributed by atoms with Crippen molar-refractivity contribution in [3.05, 3.63) is 16.3 Å². The van der Waals surface area contributed by atoms with Gasteiger partial charge in [0.1, 0.15) is 16.5 Å². The van der Waals surface area contributed by atoms with Crippen molar-refractivity contribution in [2.75, 3.05) is 31.5 Å². The summed E-state index contributed by atoms with van der Waals surface area (Å²) in [5, 5.41) is 4.82. The van der Waals surface area contributed by atoms with Crippen LogP contribution in [0.15, 0.2) is 0 Å². The number of hydrogen-bond acceptors (Lipinski definition) is 5. The van der Waals surface area contributed by atoms with Crippen molar-refractivity contribution in [2.24, 2.45) is 5.92 Å². The van der Waals surface area contributed by atoms with E-state index >= 15 is 0 Å². The lowest BCUT2D eigenvalue weighted by Gasteiger charge is -2.16. The molecule has 1 saturated carbocycles. The molecule has 27 heavy (non-hydrogen) atoms. The highest BCUT2D eigenvalue weighted by Crippen LogP contribution is 2.39. The Morgan fingerprint density at radius 1 is 1.19 bits per heavy atom. The number of likely N-dealkylation sites (tertiary alicyclic amines) is 1. The molecule has 1 saturated heterocycles. The molecule has 7 heteroatoms. The van der Waals surface area contributed by atoms with Crippen LogP contribution in [0, 0.1) is 5.92 Å². The number of halogens is 2. The van der Waals surface area contributed by atoms with Crippen LogP contribution in [0.25, 0.3) is 10.2 Å². The molecule has 2 fully saturated rings. The van der Waals surface area contributed by atoms with Gasteiger partial charge in [-0.2, -0.15) is 0 Å². The number of nitrogens with zero attached hydrogens (tertiary/aromatic N) is 3. The van der Waals surface area contributed by atoms with Crippen molar-refractivity contribution in [1.82, 2.24) is 14.9 Å². The Kier molecular flexibility index (Phi) is 4.55. The van der Waals surface area contributed by atoms with Crippen LogP contribution in [0.1, 0.15) is 48.4 Å². The van der Waals surface area contributed by atoms with Crippen LogP contribution in [0.2, 0.25) is 0 Å². The first-order chi connectivity index (χ1) is 13.1. The predicted octanol–water partition coefficient (Wildman–Crippen LogP) is 4.28. The van der Waals surface area contributed by atoms with Gasteiger partial charge in [-0.3, -0.25) is 4.90 Å². The molecule has 2 aliphatic carbocycles. The zero-order valence-electron chi connectivity index (χ0n) is 15.6. The molecule has 0 amide bonds. The Morgan fingerprint density at radius 3 is 2.81 bits per heavy atom. The summed E-state index contributed by atoms with van der Waals surface area (Å²) >= 11 is 1.81. The smallest absolute Gasteiger partial charge is 0.261 e. The Labute approximate surface area is 162 Å². The highest BCUT2D eigenvalue weighted by Gasteiger charge is 2.37. The first-order valence-corrected chi connectivity index (χ1v) is 11.0. The highest BCUT2D eigenvalue weighted by molar-refractivity contribution is 7.19. The number of hydrogen-bond donors (Lipinski definition) is 1. The van der Waals surface area contributed by atoms with Gasteiger partial charge >= 0.3 is 0 Å². The lowest BCUT2D eigenvalue weighted by molar-refractivity contribution is 0.0123. The third-order valence-corrected chi connectivity index (χ3v) is 7.20. The van der Waals surface area contributed by atoms with E-state index in [9.17, 15) is 8.78 Å². The van der Waals surface area contributed by atoms with Gasteiger partial charge in [-0.15, -0.1) is 11.3 Å². The van der Waals surface area contributed by atoms with E-state index in [1.807, 2.05) is 16.2 Å². The molecular weight excluding hydrogens is 366 g/mol. The molecular formula is C20H26F2N4S. The van der Waals surface area contributed by atoms with Gasteiger partial charge in [0.25, 0.3) is 5.92 Å². The van der Waals surface area contributed by atoms with E-state index in [4.69, 9.17) is 9.97 Å². The Hall–Kier alpha value is -1.34. The Balaban J connectivity index is 1.40. The second-order valence-corrected chi connectivity index (χ2v) is 9.42. The number of thiophene rings is 1. The van der Waals surface area contributed by atoms with Crippen molar-refractivity contribution in [3.8, 4) is 0 Å². The standard InChI is InChI=1S/C20H26F2N4S/c21-20(22)8-10-26(12-20)9-7-16-24-18(23-11-13-5-6-13)17-14-3-1-2-4-15(14)27-19(17)25-16/h13H,1-12H2,(H,23,24,25). The summed E-state index contributed by atoms with van der Waals surface area (Å²) in [6.45, 7) is 1.92. The van der Waals surface area contributed by atoms with Crippen LogP contribution in [0.4, 0.5) is 14.6 Å². The summed E-state index contributed by atoms with van der Waals surface area (Å²) < 4.78 is 26.8. The summed E-state index contributed by atoms with van der Waals surface area (Å²) in [5.41, 5.74) is 1.45. The summed E-state index contributed by atoms with van der Waals surface area (Å²) in [7, 11) is 0.